The van der Waals surface area contributed by atoms with Gasteiger partial charge >= 0.3 is 6.09 Å². The highest BCUT2D eigenvalue weighted by Crippen LogP contribution is 2.29. The fraction of sp³-hybridized carbons (Fsp3) is 0.515. The lowest BCUT2D eigenvalue weighted by atomic mass is 9.95. The maximum atomic E-state index is 14.3. The van der Waals surface area contributed by atoms with Gasteiger partial charge in [-0.1, -0.05) is 74.6 Å². The summed E-state index contributed by atoms with van der Waals surface area (Å²) in [6.45, 7) is 13.2. The second-order valence-electron chi connectivity index (χ2n) is 11.9. The van der Waals surface area contributed by atoms with E-state index in [-0.39, 0.29) is 6.54 Å². The van der Waals surface area contributed by atoms with Crippen LogP contribution in [0.4, 0.5) is 10.5 Å². The number of hydrogen-bond acceptors (Lipinski definition) is 5. The van der Waals surface area contributed by atoms with Crippen molar-refractivity contribution >= 4 is 29.5 Å². The SMILES string of the molecule is CCCCCCCN(C(=O)C(CC(N)=O)NC(=O)OC(C)(C)C)C(C(=O)Nc1ccccc1C)c1cc(C)ccc1C. The molecule has 4 amide bonds. The van der Waals surface area contributed by atoms with Gasteiger partial charge in [0.1, 0.15) is 17.7 Å². The zero-order valence-electron chi connectivity index (χ0n) is 26.2. The summed E-state index contributed by atoms with van der Waals surface area (Å²) in [5.74, 6) is -1.74. The van der Waals surface area contributed by atoms with E-state index in [1.807, 2.05) is 63.2 Å². The number of hydrogen-bond donors (Lipinski definition) is 3. The third-order valence-electron chi connectivity index (χ3n) is 6.87. The van der Waals surface area contributed by atoms with E-state index in [9.17, 15) is 19.2 Å². The predicted molar refractivity (Wildman–Crippen MR) is 166 cm³/mol. The molecule has 2 atom stereocenters. The summed E-state index contributed by atoms with van der Waals surface area (Å²) in [6.07, 6.45) is 3.32. The average Bonchev–Trinajstić information content (AvgIpc) is 2.88. The van der Waals surface area contributed by atoms with E-state index in [2.05, 4.69) is 17.6 Å². The van der Waals surface area contributed by atoms with Crippen LogP contribution in [0.15, 0.2) is 42.5 Å². The first-order chi connectivity index (χ1) is 19.7. The number of carbonyl (C=O) groups is 4. The smallest absolute Gasteiger partial charge is 0.408 e. The maximum absolute atomic E-state index is 14.3. The highest BCUT2D eigenvalue weighted by Gasteiger charge is 2.37. The third-order valence-corrected chi connectivity index (χ3v) is 6.87. The Morgan fingerprint density at radius 2 is 1.60 bits per heavy atom. The number of nitrogens with one attached hydrogen (secondary N) is 2. The maximum Gasteiger partial charge on any atom is 0.408 e. The molecule has 0 saturated carbocycles. The number of ether oxygens (including phenoxy) is 1. The summed E-state index contributed by atoms with van der Waals surface area (Å²) >= 11 is 0. The van der Waals surface area contributed by atoms with E-state index in [4.69, 9.17) is 10.5 Å². The zero-order chi connectivity index (χ0) is 31.4. The number of rotatable bonds is 14. The van der Waals surface area contributed by atoms with Crippen molar-refractivity contribution < 1.29 is 23.9 Å². The van der Waals surface area contributed by atoms with Crippen LogP contribution < -0.4 is 16.4 Å². The second-order valence-corrected chi connectivity index (χ2v) is 11.9. The van der Waals surface area contributed by atoms with Crippen LogP contribution in [-0.2, 0) is 19.1 Å². The van der Waals surface area contributed by atoms with Crippen LogP contribution in [-0.4, -0.2) is 46.9 Å². The Morgan fingerprint density at radius 3 is 2.21 bits per heavy atom. The molecular weight excluding hydrogens is 532 g/mol. The summed E-state index contributed by atoms with van der Waals surface area (Å²) in [6, 6.07) is 10.9. The van der Waals surface area contributed by atoms with Crippen LogP contribution in [0.2, 0.25) is 0 Å². The Hall–Kier alpha value is -3.88. The van der Waals surface area contributed by atoms with Crippen LogP contribution >= 0.6 is 0 Å². The third kappa shape index (κ3) is 10.8. The van der Waals surface area contributed by atoms with Crippen molar-refractivity contribution in [2.45, 2.75) is 105 Å². The quantitative estimate of drug-likeness (QED) is 0.241. The minimum absolute atomic E-state index is 0.243. The van der Waals surface area contributed by atoms with E-state index in [0.717, 1.165) is 42.4 Å². The van der Waals surface area contributed by atoms with Gasteiger partial charge < -0.3 is 26.0 Å². The Balaban J connectivity index is 2.60. The van der Waals surface area contributed by atoms with Crippen LogP contribution in [0, 0.1) is 20.8 Å². The number of carbonyl (C=O) groups excluding carboxylic acids is 4. The molecule has 2 unspecified atom stereocenters. The van der Waals surface area contributed by atoms with Gasteiger partial charge in [0.15, 0.2) is 0 Å². The molecule has 9 heteroatoms. The molecule has 0 aliphatic rings. The lowest BCUT2D eigenvalue weighted by Crippen LogP contribution is -2.53. The van der Waals surface area contributed by atoms with Gasteiger partial charge in [0, 0.05) is 12.2 Å². The number of para-hydroxylation sites is 1. The first-order valence-electron chi connectivity index (χ1n) is 14.8. The molecule has 0 aliphatic heterocycles. The fourth-order valence-electron chi connectivity index (χ4n) is 4.72. The first kappa shape index (κ1) is 34.3. The van der Waals surface area contributed by atoms with Crippen molar-refractivity contribution in [1.29, 1.82) is 0 Å². The standard InChI is InChI=1S/C33H48N4O5/c1-8-9-10-11-14-19-37(31(40)27(21-28(34)38)36-32(41)42-33(5,6)7)29(25-20-22(2)17-18-23(25)3)30(39)35-26-16-13-12-15-24(26)4/h12-13,15-18,20,27,29H,8-11,14,19,21H2,1-7H3,(H2,34,38)(H,35,39)(H,36,41). The summed E-state index contributed by atoms with van der Waals surface area (Å²) in [7, 11) is 0. The molecule has 0 spiro atoms. The number of amides is 4. The summed E-state index contributed by atoms with van der Waals surface area (Å²) < 4.78 is 5.37. The van der Waals surface area contributed by atoms with Crippen LogP contribution in [0.3, 0.4) is 0 Å². The molecule has 0 aromatic heterocycles. The topological polar surface area (TPSA) is 131 Å². The van der Waals surface area contributed by atoms with Crippen LogP contribution in [0.1, 0.15) is 94.5 Å². The monoisotopic (exact) mass is 580 g/mol. The molecule has 4 N–H and O–H groups in total. The predicted octanol–water partition coefficient (Wildman–Crippen LogP) is 5.86. The molecule has 0 bridgehead atoms. The highest BCUT2D eigenvalue weighted by atomic mass is 16.6. The molecule has 2 rings (SSSR count). The molecule has 42 heavy (non-hydrogen) atoms. The molecule has 0 radical (unpaired) electrons. The highest BCUT2D eigenvalue weighted by molar-refractivity contribution is 6.00. The number of nitrogens with two attached hydrogens (primary N) is 1. The average molecular weight is 581 g/mol. The molecule has 0 heterocycles. The van der Waals surface area contributed by atoms with Gasteiger partial charge in [-0.15, -0.1) is 0 Å². The zero-order valence-corrected chi connectivity index (χ0v) is 26.2. The van der Waals surface area contributed by atoms with Crippen molar-refractivity contribution in [3.05, 3.63) is 64.7 Å². The Bertz CT molecular complexity index is 1240. The number of alkyl carbamates (subject to hydrolysis) is 1. The number of aryl methyl sites for hydroxylation is 3. The summed E-state index contributed by atoms with van der Waals surface area (Å²) in [5, 5.41) is 5.56. The van der Waals surface area contributed by atoms with Gasteiger partial charge in [-0.25, -0.2) is 4.79 Å². The molecule has 2 aromatic carbocycles. The molecule has 0 fully saturated rings. The van der Waals surface area contributed by atoms with Crippen molar-refractivity contribution in [2.75, 3.05) is 11.9 Å². The largest absolute Gasteiger partial charge is 0.444 e. The number of nitrogens with zero attached hydrogens (tertiary/aromatic N) is 1. The van der Waals surface area contributed by atoms with E-state index in [1.54, 1.807) is 20.8 Å². The van der Waals surface area contributed by atoms with Crippen molar-refractivity contribution in [2.24, 2.45) is 5.73 Å². The minimum atomic E-state index is -1.31. The second kappa shape index (κ2) is 15.9. The molecular formula is C33H48N4O5. The van der Waals surface area contributed by atoms with Crippen molar-refractivity contribution in [3.63, 3.8) is 0 Å². The van der Waals surface area contributed by atoms with Gasteiger partial charge in [0.25, 0.3) is 5.91 Å². The van der Waals surface area contributed by atoms with Crippen molar-refractivity contribution in [1.82, 2.24) is 10.2 Å². The van der Waals surface area contributed by atoms with Gasteiger partial charge in [0.2, 0.25) is 11.8 Å². The number of benzene rings is 2. The van der Waals surface area contributed by atoms with E-state index in [0.29, 0.717) is 17.7 Å². The van der Waals surface area contributed by atoms with Gasteiger partial charge in [-0.3, -0.25) is 14.4 Å². The number of unbranched alkanes of at least 4 members (excludes halogenated alkanes) is 4. The molecule has 230 valence electrons. The molecule has 9 nitrogen and oxygen atoms in total. The van der Waals surface area contributed by atoms with Crippen LogP contribution in [0.25, 0.3) is 0 Å². The summed E-state index contributed by atoms with van der Waals surface area (Å²) in [5.41, 5.74) is 8.64. The lowest BCUT2D eigenvalue weighted by Gasteiger charge is -2.35. The molecule has 0 aliphatic carbocycles. The van der Waals surface area contributed by atoms with E-state index in [1.165, 1.54) is 4.90 Å². The number of primary amides is 1. The summed E-state index contributed by atoms with van der Waals surface area (Å²) in [4.78, 5) is 54.7. The Labute approximate surface area is 250 Å². The minimum Gasteiger partial charge on any atom is -0.444 e. The fourth-order valence-corrected chi connectivity index (χ4v) is 4.72. The van der Waals surface area contributed by atoms with Gasteiger partial charge in [-0.05, 0) is 70.7 Å². The van der Waals surface area contributed by atoms with E-state index >= 15 is 0 Å². The van der Waals surface area contributed by atoms with Crippen LogP contribution in [0.5, 0.6) is 0 Å². The van der Waals surface area contributed by atoms with E-state index < -0.39 is 47.9 Å². The number of anilines is 1. The molecule has 0 saturated heterocycles. The van der Waals surface area contributed by atoms with Gasteiger partial charge in [-0.2, -0.15) is 0 Å². The Kier molecular flexibility index (Phi) is 13.0. The van der Waals surface area contributed by atoms with Gasteiger partial charge in [0.05, 0.1) is 6.42 Å². The Morgan fingerprint density at radius 1 is 0.929 bits per heavy atom. The first-order valence-corrected chi connectivity index (χ1v) is 14.8. The van der Waals surface area contributed by atoms with Crippen molar-refractivity contribution in [3.8, 4) is 0 Å². The lowest BCUT2D eigenvalue weighted by molar-refractivity contribution is -0.142. The normalized spacial score (nSPS) is 12.6. The molecule has 2 aromatic rings.